The Bertz CT molecular complexity index is 917. The summed E-state index contributed by atoms with van der Waals surface area (Å²) in [5.41, 5.74) is 0.687. The highest BCUT2D eigenvalue weighted by Gasteiger charge is 2.28. The van der Waals surface area contributed by atoms with Gasteiger partial charge in [-0.1, -0.05) is 11.6 Å². The molecule has 1 aliphatic heterocycles. The lowest BCUT2D eigenvalue weighted by atomic mass is 9.97. The summed E-state index contributed by atoms with van der Waals surface area (Å²) in [6, 6.07) is 9.44. The van der Waals surface area contributed by atoms with Crippen molar-refractivity contribution < 1.29 is 13.6 Å². The van der Waals surface area contributed by atoms with Gasteiger partial charge in [0, 0.05) is 24.6 Å². The number of hydrogen-bond donors (Lipinski definition) is 0. The first-order valence-electron chi connectivity index (χ1n) is 8.24. The molecular formula is C18H15ClFN3O2S. The van der Waals surface area contributed by atoms with E-state index in [0.29, 0.717) is 39.6 Å². The number of carbonyl (C=O) groups excluding carboxylic acids is 1. The van der Waals surface area contributed by atoms with E-state index in [2.05, 4.69) is 10.2 Å². The van der Waals surface area contributed by atoms with Crippen molar-refractivity contribution in [1.29, 1.82) is 0 Å². The highest BCUT2D eigenvalue weighted by Crippen LogP contribution is 2.31. The number of hydrogen-bond acceptors (Lipinski definition) is 5. The number of halogens is 2. The Morgan fingerprint density at radius 2 is 1.88 bits per heavy atom. The number of piperidine rings is 1. The van der Waals surface area contributed by atoms with Gasteiger partial charge >= 0.3 is 0 Å². The Balaban J connectivity index is 1.40. The average Bonchev–Trinajstić information content (AvgIpc) is 3.31. The van der Waals surface area contributed by atoms with Crippen molar-refractivity contribution in [2.45, 2.75) is 18.8 Å². The SMILES string of the molecule is O=C(c1ccc(Cl)s1)N1CCC(c2nnc(-c3ccc(F)cc3)o2)CC1. The number of carbonyl (C=O) groups is 1. The largest absolute Gasteiger partial charge is 0.420 e. The Hall–Kier alpha value is -2.25. The van der Waals surface area contributed by atoms with E-state index in [0.717, 1.165) is 12.8 Å². The van der Waals surface area contributed by atoms with Crippen LogP contribution in [0.15, 0.2) is 40.8 Å². The van der Waals surface area contributed by atoms with Crippen molar-refractivity contribution in [1.82, 2.24) is 15.1 Å². The highest BCUT2D eigenvalue weighted by molar-refractivity contribution is 7.17. The Morgan fingerprint density at radius 3 is 2.54 bits per heavy atom. The van der Waals surface area contributed by atoms with Crippen LogP contribution in [0, 0.1) is 5.82 Å². The Morgan fingerprint density at radius 1 is 1.15 bits per heavy atom. The van der Waals surface area contributed by atoms with E-state index in [9.17, 15) is 9.18 Å². The molecule has 1 aromatic carbocycles. The molecule has 0 radical (unpaired) electrons. The summed E-state index contributed by atoms with van der Waals surface area (Å²) in [6.07, 6.45) is 1.52. The van der Waals surface area contributed by atoms with Crippen LogP contribution in [0.3, 0.4) is 0 Å². The fraction of sp³-hybridized carbons (Fsp3) is 0.278. The third kappa shape index (κ3) is 3.50. The number of thiophene rings is 1. The molecule has 1 fully saturated rings. The van der Waals surface area contributed by atoms with Gasteiger partial charge in [-0.2, -0.15) is 0 Å². The molecule has 0 spiro atoms. The fourth-order valence-electron chi connectivity index (χ4n) is 3.02. The number of benzene rings is 1. The minimum atomic E-state index is -0.308. The van der Waals surface area contributed by atoms with Gasteiger partial charge in [0.05, 0.1) is 9.21 Å². The van der Waals surface area contributed by atoms with Gasteiger partial charge in [0.25, 0.3) is 5.91 Å². The number of likely N-dealkylation sites (tertiary alicyclic amines) is 1. The molecule has 0 unspecified atom stereocenters. The molecule has 3 aromatic rings. The summed E-state index contributed by atoms with van der Waals surface area (Å²) in [6.45, 7) is 1.26. The summed E-state index contributed by atoms with van der Waals surface area (Å²) >= 11 is 7.20. The third-order valence-electron chi connectivity index (χ3n) is 4.45. The lowest BCUT2D eigenvalue weighted by Crippen LogP contribution is -2.37. The van der Waals surface area contributed by atoms with Crippen molar-refractivity contribution in [2.75, 3.05) is 13.1 Å². The van der Waals surface area contributed by atoms with Gasteiger partial charge in [0.15, 0.2) is 0 Å². The minimum absolute atomic E-state index is 0.0119. The maximum absolute atomic E-state index is 13.0. The molecular weight excluding hydrogens is 377 g/mol. The molecule has 1 aliphatic rings. The third-order valence-corrected chi connectivity index (χ3v) is 5.67. The zero-order valence-electron chi connectivity index (χ0n) is 13.7. The van der Waals surface area contributed by atoms with Crippen molar-refractivity contribution in [2.24, 2.45) is 0 Å². The summed E-state index contributed by atoms with van der Waals surface area (Å²) in [7, 11) is 0. The van der Waals surface area contributed by atoms with Gasteiger partial charge in [-0.15, -0.1) is 21.5 Å². The van der Waals surface area contributed by atoms with Gasteiger partial charge in [0.2, 0.25) is 11.8 Å². The normalized spacial score (nSPS) is 15.4. The zero-order valence-corrected chi connectivity index (χ0v) is 15.3. The van der Waals surface area contributed by atoms with Gasteiger partial charge in [-0.3, -0.25) is 4.79 Å². The molecule has 5 nitrogen and oxygen atoms in total. The van der Waals surface area contributed by atoms with Crippen molar-refractivity contribution >= 4 is 28.8 Å². The van der Waals surface area contributed by atoms with E-state index in [-0.39, 0.29) is 17.6 Å². The van der Waals surface area contributed by atoms with Crippen LogP contribution < -0.4 is 0 Å². The van der Waals surface area contributed by atoms with Crippen LogP contribution in [0.4, 0.5) is 4.39 Å². The van der Waals surface area contributed by atoms with Crippen LogP contribution in [-0.2, 0) is 0 Å². The van der Waals surface area contributed by atoms with Crippen molar-refractivity contribution in [3.63, 3.8) is 0 Å². The molecule has 3 heterocycles. The zero-order chi connectivity index (χ0) is 18.1. The second-order valence-corrected chi connectivity index (χ2v) is 7.84. The van der Waals surface area contributed by atoms with Crippen molar-refractivity contribution in [3.8, 4) is 11.5 Å². The van der Waals surface area contributed by atoms with E-state index in [1.165, 1.54) is 23.5 Å². The number of aromatic nitrogens is 2. The summed E-state index contributed by atoms with van der Waals surface area (Å²) in [5.74, 6) is 0.769. The smallest absolute Gasteiger partial charge is 0.263 e. The van der Waals surface area contributed by atoms with Gasteiger partial charge in [-0.05, 0) is 49.2 Å². The van der Waals surface area contributed by atoms with Crippen LogP contribution in [0.2, 0.25) is 4.34 Å². The lowest BCUT2D eigenvalue weighted by molar-refractivity contribution is 0.0711. The van der Waals surface area contributed by atoms with E-state index in [4.69, 9.17) is 16.0 Å². The molecule has 4 rings (SSSR count). The average molecular weight is 392 g/mol. The molecule has 0 bridgehead atoms. The first kappa shape index (κ1) is 17.2. The topological polar surface area (TPSA) is 59.2 Å². The summed E-state index contributed by atoms with van der Waals surface area (Å²) < 4.78 is 19.4. The second kappa shape index (κ2) is 7.17. The first-order valence-corrected chi connectivity index (χ1v) is 9.43. The second-order valence-electron chi connectivity index (χ2n) is 6.12. The van der Waals surface area contributed by atoms with Crippen LogP contribution in [0.1, 0.15) is 34.3 Å². The predicted octanol–water partition coefficient (Wildman–Crippen LogP) is 4.61. The minimum Gasteiger partial charge on any atom is -0.420 e. The molecule has 134 valence electrons. The highest BCUT2D eigenvalue weighted by atomic mass is 35.5. The summed E-state index contributed by atoms with van der Waals surface area (Å²) in [4.78, 5) is 15.0. The maximum Gasteiger partial charge on any atom is 0.263 e. The monoisotopic (exact) mass is 391 g/mol. The van der Waals surface area contributed by atoms with Crippen LogP contribution in [-0.4, -0.2) is 34.1 Å². The number of rotatable bonds is 3. The predicted molar refractivity (Wildman–Crippen MR) is 96.9 cm³/mol. The maximum atomic E-state index is 13.0. The van der Waals surface area contributed by atoms with Crippen LogP contribution in [0.5, 0.6) is 0 Å². The summed E-state index contributed by atoms with van der Waals surface area (Å²) in [5, 5.41) is 8.20. The molecule has 1 amide bonds. The van der Waals surface area contributed by atoms with E-state index < -0.39 is 0 Å². The quantitative estimate of drug-likeness (QED) is 0.654. The molecule has 0 saturated carbocycles. The molecule has 1 saturated heterocycles. The van der Waals surface area contributed by atoms with Crippen LogP contribution in [0.25, 0.3) is 11.5 Å². The molecule has 8 heteroatoms. The van der Waals surface area contributed by atoms with Crippen molar-refractivity contribution in [3.05, 3.63) is 57.3 Å². The lowest BCUT2D eigenvalue weighted by Gasteiger charge is -2.30. The van der Waals surface area contributed by atoms with E-state index in [1.54, 1.807) is 24.3 Å². The van der Waals surface area contributed by atoms with Gasteiger partial charge in [-0.25, -0.2) is 4.39 Å². The fourth-order valence-corrected chi connectivity index (χ4v) is 4.03. The van der Waals surface area contributed by atoms with E-state index >= 15 is 0 Å². The van der Waals surface area contributed by atoms with Gasteiger partial charge < -0.3 is 9.32 Å². The first-order chi connectivity index (χ1) is 12.6. The Labute approximate surface area is 158 Å². The standard InChI is InChI=1S/C18H15ClFN3O2S/c19-15-6-5-14(26-15)18(24)23-9-7-12(8-10-23)17-22-21-16(25-17)11-1-3-13(20)4-2-11/h1-6,12H,7-10H2. The molecule has 26 heavy (non-hydrogen) atoms. The molecule has 0 aliphatic carbocycles. The molecule has 2 aromatic heterocycles. The van der Waals surface area contributed by atoms with E-state index in [1.807, 2.05) is 4.90 Å². The molecule has 0 N–H and O–H groups in total. The van der Waals surface area contributed by atoms with Gasteiger partial charge in [0.1, 0.15) is 5.82 Å². The Kier molecular flexibility index (Phi) is 4.74. The number of amides is 1. The number of nitrogens with zero attached hydrogens (tertiary/aromatic N) is 3. The van der Waals surface area contributed by atoms with Crippen LogP contribution >= 0.6 is 22.9 Å². The molecule has 0 atom stereocenters.